The third-order valence-corrected chi connectivity index (χ3v) is 5.65. The number of carbonyl (C=O) groups excluding carboxylic acids is 2. The van der Waals surface area contributed by atoms with Gasteiger partial charge in [-0.05, 0) is 43.2 Å². The van der Waals surface area contributed by atoms with Gasteiger partial charge in [-0.2, -0.15) is 0 Å². The molecular weight excluding hydrogens is 380 g/mol. The fourth-order valence-electron chi connectivity index (χ4n) is 4.08. The number of likely N-dealkylation sites (tertiary alicyclic amines) is 1. The van der Waals surface area contributed by atoms with Crippen LogP contribution < -0.4 is 10.1 Å². The highest BCUT2D eigenvalue weighted by molar-refractivity contribution is 5.89. The predicted octanol–water partition coefficient (Wildman–Crippen LogP) is 3.63. The van der Waals surface area contributed by atoms with E-state index in [1.807, 2.05) is 71.3 Å². The quantitative estimate of drug-likeness (QED) is 0.794. The van der Waals surface area contributed by atoms with Crippen LogP contribution in [0.25, 0.3) is 0 Å². The number of anilines is 1. The van der Waals surface area contributed by atoms with Gasteiger partial charge in [-0.3, -0.25) is 0 Å². The lowest BCUT2D eigenvalue weighted by atomic mass is 10.2. The highest BCUT2D eigenvalue weighted by atomic mass is 16.5. The molecule has 1 N–H and O–H groups in total. The lowest BCUT2D eigenvalue weighted by Gasteiger charge is -2.25. The van der Waals surface area contributed by atoms with Crippen molar-refractivity contribution < 1.29 is 14.3 Å². The molecule has 0 aromatic heterocycles. The van der Waals surface area contributed by atoms with Crippen LogP contribution in [0.3, 0.4) is 0 Å². The Morgan fingerprint density at radius 2 is 1.83 bits per heavy atom. The van der Waals surface area contributed by atoms with E-state index in [9.17, 15) is 9.59 Å². The van der Waals surface area contributed by atoms with Crippen LogP contribution >= 0.6 is 0 Å². The van der Waals surface area contributed by atoms with E-state index in [2.05, 4.69) is 5.32 Å². The van der Waals surface area contributed by atoms with Gasteiger partial charge < -0.3 is 24.8 Å². The number of urea groups is 2. The van der Waals surface area contributed by atoms with Crippen LogP contribution in [-0.2, 0) is 6.54 Å². The summed E-state index contributed by atoms with van der Waals surface area (Å²) in [6.07, 6.45) is 0.807. The zero-order chi connectivity index (χ0) is 20.9. The van der Waals surface area contributed by atoms with Crippen LogP contribution in [0.5, 0.6) is 5.75 Å². The smallest absolute Gasteiger partial charge is 0.321 e. The van der Waals surface area contributed by atoms with Crippen molar-refractivity contribution in [3.8, 4) is 5.75 Å². The summed E-state index contributed by atoms with van der Waals surface area (Å²) in [4.78, 5) is 31.1. The molecular formula is C23H28N4O3. The van der Waals surface area contributed by atoms with Crippen LogP contribution in [0.4, 0.5) is 15.3 Å². The first-order valence-electron chi connectivity index (χ1n) is 10.5. The molecule has 2 aliphatic rings. The van der Waals surface area contributed by atoms with Crippen molar-refractivity contribution in [2.24, 2.45) is 0 Å². The van der Waals surface area contributed by atoms with Gasteiger partial charge in [-0.25, -0.2) is 9.59 Å². The summed E-state index contributed by atoms with van der Waals surface area (Å²) in [5, 5.41) is 2.93. The standard InChI is InChI=1S/C23H28N4O3/c1-2-30-21-10-8-19(9-11-21)24-22(28)25-13-12-20(17-25)27-15-14-26(23(27)29)16-18-6-4-3-5-7-18/h3-11,20H,2,12-17H2,1H3,(H,24,28). The van der Waals surface area contributed by atoms with Crippen LogP contribution in [0.2, 0.25) is 0 Å². The molecule has 1 unspecified atom stereocenters. The molecule has 2 saturated heterocycles. The predicted molar refractivity (Wildman–Crippen MR) is 116 cm³/mol. The molecule has 158 valence electrons. The molecule has 1 atom stereocenters. The van der Waals surface area contributed by atoms with Crippen molar-refractivity contribution in [2.75, 3.05) is 38.1 Å². The number of nitrogens with zero attached hydrogens (tertiary/aromatic N) is 3. The fraction of sp³-hybridized carbons (Fsp3) is 0.391. The maximum absolute atomic E-state index is 12.9. The van der Waals surface area contributed by atoms with Gasteiger partial charge in [-0.15, -0.1) is 0 Å². The highest BCUT2D eigenvalue weighted by Gasteiger charge is 2.38. The van der Waals surface area contributed by atoms with Gasteiger partial charge in [0.2, 0.25) is 0 Å². The van der Waals surface area contributed by atoms with E-state index in [4.69, 9.17) is 4.74 Å². The molecule has 4 amide bonds. The van der Waals surface area contributed by atoms with E-state index in [0.717, 1.165) is 30.0 Å². The number of benzene rings is 2. The largest absolute Gasteiger partial charge is 0.494 e. The average molecular weight is 409 g/mol. The van der Waals surface area contributed by atoms with Crippen molar-refractivity contribution in [1.29, 1.82) is 0 Å². The maximum atomic E-state index is 12.9. The summed E-state index contributed by atoms with van der Waals surface area (Å²) < 4.78 is 5.43. The molecule has 2 aliphatic heterocycles. The molecule has 2 aromatic rings. The molecule has 7 heteroatoms. The van der Waals surface area contributed by atoms with Crippen LogP contribution in [0.1, 0.15) is 18.9 Å². The SMILES string of the molecule is CCOc1ccc(NC(=O)N2CCC(N3CCN(Cc4ccccc4)C3=O)C2)cc1. The first-order chi connectivity index (χ1) is 14.6. The first-order valence-corrected chi connectivity index (χ1v) is 10.5. The lowest BCUT2D eigenvalue weighted by Crippen LogP contribution is -2.42. The number of ether oxygens (including phenoxy) is 1. The second-order valence-corrected chi connectivity index (χ2v) is 7.66. The summed E-state index contributed by atoms with van der Waals surface area (Å²) in [6, 6.07) is 17.4. The Bertz CT molecular complexity index is 872. The number of nitrogens with one attached hydrogen (secondary N) is 1. The molecule has 0 aliphatic carbocycles. The van der Waals surface area contributed by atoms with Gasteiger partial charge in [0.15, 0.2) is 0 Å². The van der Waals surface area contributed by atoms with Crippen molar-refractivity contribution in [1.82, 2.24) is 14.7 Å². The minimum atomic E-state index is -0.130. The lowest BCUT2D eigenvalue weighted by molar-refractivity contribution is 0.175. The third-order valence-electron chi connectivity index (χ3n) is 5.65. The normalized spacial score (nSPS) is 18.8. The molecule has 0 radical (unpaired) electrons. The van der Waals surface area contributed by atoms with E-state index in [1.54, 1.807) is 4.90 Å². The van der Waals surface area contributed by atoms with Crippen molar-refractivity contribution in [2.45, 2.75) is 25.9 Å². The summed E-state index contributed by atoms with van der Waals surface area (Å²) in [5.41, 5.74) is 1.87. The summed E-state index contributed by atoms with van der Waals surface area (Å²) in [6.45, 7) is 5.83. The molecule has 4 rings (SSSR count). The Labute approximate surface area is 177 Å². The second-order valence-electron chi connectivity index (χ2n) is 7.66. The Kier molecular flexibility index (Phi) is 6.07. The summed E-state index contributed by atoms with van der Waals surface area (Å²) in [7, 11) is 0. The second kappa shape index (κ2) is 9.07. The number of carbonyl (C=O) groups is 2. The average Bonchev–Trinajstić information content (AvgIpc) is 3.38. The van der Waals surface area contributed by atoms with Crippen LogP contribution in [0, 0.1) is 0 Å². The van der Waals surface area contributed by atoms with Gasteiger partial charge in [0.1, 0.15) is 5.75 Å². The number of hydrogen-bond acceptors (Lipinski definition) is 3. The van der Waals surface area contributed by atoms with Gasteiger partial charge in [0, 0.05) is 38.4 Å². The highest BCUT2D eigenvalue weighted by Crippen LogP contribution is 2.23. The Balaban J connectivity index is 1.29. The van der Waals surface area contributed by atoms with Gasteiger partial charge in [0.05, 0.1) is 12.6 Å². The molecule has 0 spiro atoms. The van der Waals surface area contributed by atoms with Crippen LogP contribution in [-0.4, -0.2) is 65.6 Å². The minimum absolute atomic E-state index is 0.0672. The van der Waals surface area contributed by atoms with E-state index < -0.39 is 0 Å². The molecule has 2 fully saturated rings. The molecule has 2 aromatic carbocycles. The van der Waals surface area contributed by atoms with Gasteiger partial charge in [-0.1, -0.05) is 30.3 Å². The third kappa shape index (κ3) is 4.50. The maximum Gasteiger partial charge on any atom is 0.321 e. The topological polar surface area (TPSA) is 65.1 Å². The summed E-state index contributed by atoms with van der Waals surface area (Å²) in [5.74, 6) is 0.782. The summed E-state index contributed by atoms with van der Waals surface area (Å²) >= 11 is 0. The number of amides is 4. The van der Waals surface area contributed by atoms with Crippen molar-refractivity contribution in [3.63, 3.8) is 0 Å². The van der Waals surface area contributed by atoms with Crippen molar-refractivity contribution in [3.05, 3.63) is 60.2 Å². The first kappa shape index (κ1) is 20.1. The minimum Gasteiger partial charge on any atom is -0.494 e. The Morgan fingerprint density at radius 3 is 2.57 bits per heavy atom. The zero-order valence-electron chi connectivity index (χ0n) is 17.3. The fourth-order valence-corrected chi connectivity index (χ4v) is 4.08. The Hall–Kier alpha value is -3.22. The monoisotopic (exact) mass is 408 g/mol. The molecule has 30 heavy (non-hydrogen) atoms. The van der Waals surface area contributed by atoms with E-state index in [1.165, 1.54) is 0 Å². The molecule has 2 heterocycles. The van der Waals surface area contributed by atoms with Crippen LogP contribution in [0.15, 0.2) is 54.6 Å². The van der Waals surface area contributed by atoms with Gasteiger partial charge in [0.25, 0.3) is 0 Å². The van der Waals surface area contributed by atoms with E-state index in [0.29, 0.717) is 32.8 Å². The zero-order valence-corrected chi connectivity index (χ0v) is 17.3. The van der Waals surface area contributed by atoms with E-state index >= 15 is 0 Å². The van der Waals surface area contributed by atoms with Crippen molar-refractivity contribution >= 4 is 17.7 Å². The Morgan fingerprint density at radius 1 is 1.07 bits per heavy atom. The molecule has 0 bridgehead atoms. The number of hydrogen-bond donors (Lipinski definition) is 1. The van der Waals surface area contributed by atoms with E-state index in [-0.39, 0.29) is 18.1 Å². The van der Waals surface area contributed by atoms with Gasteiger partial charge >= 0.3 is 12.1 Å². The molecule has 7 nitrogen and oxygen atoms in total. The molecule has 0 saturated carbocycles. The number of rotatable bonds is 6.